The maximum Gasteiger partial charge on any atom is 0.123 e. The fraction of sp³-hybridized carbons (Fsp3) is 0.538. The highest BCUT2D eigenvalue weighted by molar-refractivity contribution is 9.10. The van der Waals surface area contributed by atoms with Gasteiger partial charge < -0.3 is 10.4 Å². The Labute approximate surface area is 110 Å². The molecule has 0 fully saturated rings. The first-order valence-corrected chi connectivity index (χ1v) is 6.34. The molecular formula is C13H19BrFNO. The highest BCUT2D eigenvalue weighted by Crippen LogP contribution is 2.23. The van der Waals surface area contributed by atoms with Crippen molar-refractivity contribution < 1.29 is 9.50 Å². The summed E-state index contributed by atoms with van der Waals surface area (Å²) in [5.41, 5.74) is -0.478. The molecule has 0 spiro atoms. The van der Waals surface area contributed by atoms with Crippen LogP contribution in [0.25, 0.3) is 0 Å². The SMILES string of the molecule is CC(C)(O)C(C)(C)NCc1cc(F)ccc1Br. The van der Waals surface area contributed by atoms with Crippen LogP contribution in [0.2, 0.25) is 0 Å². The van der Waals surface area contributed by atoms with Crippen LogP contribution in [0.3, 0.4) is 0 Å². The van der Waals surface area contributed by atoms with Gasteiger partial charge in [0, 0.05) is 16.6 Å². The highest BCUT2D eigenvalue weighted by atomic mass is 79.9. The van der Waals surface area contributed by atoms with E-state index in [9.17, 15) is 9.50 Å². The third-order valence-electron chi connectivity index (χ3n) is 3.26. The quantitative estimate of drug-likeness (QED) is 0.895. The van der Waals surface area contributed by atoms with Gasteiger partial charge in [-0.3, -0.25) is 0 Å². The number of nitrogens with one attached hydrogen (secondary N) is 1. The molecule has 0 saturated carbocycles. The first kappa shape index (κ1) is 14.6. The summed E-state index contributed by atoms with van der Waals surface area (Å²) in [4.78, 5) is 0. The van der Waals surface area contributed by atoms with E-state index in [4.69, 9.17) is 0 Å². The summed E-state index contributed by atoms with van der Waals surface area (Å²) in [6.07, 6.45) is 0. The van der Waals surface area contributed by atoms with Crippen LogP contribution in [0.15, 0.2) is 22.7 Å². The summed E-state index contributed by atoms with van der Waals surface area (Å²) >= 11 is 3.38. The van der Waals surface area contributed by atoms with Crippen LogP contribution in [-0.2, 0) is 6.54 Å². The van der Waals surface area contributed by atoms with E-state index in [1.807, 2.05) is 13.8 Å². The van der Waals surface area contributed by atoms with Crippen LogP contribution in [0.5, 0.6) is 0 Å². The molecule has 96 valence electrons. The summed E-state index contributed by atoms with van der Waals surface area (Å²) in [6.45, 7) is 7.83. The molecule has 0 atom stereocenters. The third kappa shape index (κ3) is 3.76. The third-order valence-corrected chi connectivity index (χ3v) is 4.03. The number of hydrogen-bond donors (Lipinski definition) is 2. The van der Waals surface area contributed by atoms with Crippen LogP contribution in [0.1, 0.15) is 33.3 Å². The molecule has 2 nitrogen and oxygen atoms in total. The molecule has 1 aromatic carbocycles. The van der Waals surface area contributed by atoms with Gasteiger partial charge in [0.2, 0.25) is 0 Å². The standard InChI is InChI=1S/C13H19BrFNO/c1-12(2,13(3,4)17)16-8-9-7-10(15)5-6-11(9)14/h5-7,16-17H,8H2,1-4H3. The summed E-state index contributed by atoms with van der Waals surface area (Å²) in [6, 6.07) is 4.58. The van der Waals surface area contributed by atoms with Crippen molar-refractivity contribution in [2.24, 2.45) is 0 Å². The molecule has 0 aliphatic heterocycles. The Kier molecular flexibility index (Phi) is 4.33. The molecule has 0 aliphatic carbocycles. The Bertz CT molecular complexity index is 399. The van der Waals surface area contributed by atoms with Gasteiger partial charge in [0.05, 0.1) is 5.60 Å². The van der Waals surface area contributed by atoms with Crippen LogP contribution in [0.4, 0.5) is 4.39 Å². The number of halogens is 2. The minimum Gasteiger partial charge on any atom is -0.389 e. The van der Waals surface area contributed by atoms with E-state index < -0.39 is 11.1 Å². The fourth-order valence-corrected chi connectivity index (χ4v) is 1.60. The average Bonchev–Trinajstić information content (AvgIpc) is 2.18. The molecule has 0 radical (unpaired) electrons. The summed E-state index contributed by atoms with van der Waals surface area (Å²) in [7, 11) is 0. The Morgan fingerprint density at radius 1 is 1.29 bits per heavy atom. The van der Waals surface area contributed by atoms with Gasteiger partial charge in [-0.25, -0.2) is 4.39 Å². The number of aliphatic hydroxyl groups is 1. The summed E-state index contributed by atoms with van der Waals surface area (Å²) in [5.74, 6) is -0.258. The lowest BCUT2D eigenvalue weighted by atomic mass is 9.86. The largest absolute Gasteiger partial charge is 0.389 e. The predicted molar refractivity (Wildman–Crippen MR) is 71.3 cm³/mol. The second-order valence-electron chi connectivity index (χ2n) is 5.27. The van der Waals surface area contributed by atoms with E-state index in [2.05, 4.69) is 21.2 Å². The zero-order valence-corrected chi connectivity index (χ0v) is 12.2. The van der Waals surface area contributed by atoms with Gasteiger partial charge in [-0.15, -0.1) is 0 Å². The van der Waals surface area contributed by atoms with E-state index in [-0.39, 0.29) is 5.82 Å². The maximum atomic E-state index is 13.1. The van der Waals surface area contributed by atoms with Crippen molar-refractivity contribution in [1.82, 2.24) is 5.32 Å². The van der Waals surface area contributed by atoms with Crippen molar-refractivity contribution in [2.75, 3.05) is 0 Å². The van der Waals surface area contributed by atoms with Crippen molar-refractivity contribution >= 4 is 15.9 Å². The Balaban J connectivity index is 2.77. The molecule has 2 N–H and O–H groups in total. The smallest absolute Gasteiger partial charge is 0.123 e. The van der Waals surface area contributed by atoms with Gasteiger partial charge >= 0.3 is 0 Å². The monoisotopic (exact) mass is 303 g/mol. The van der Waals surface area contributed by atoms with Gasteiger partial charge in [-0.1, -0.05) is 15.9 Å². The zero-order valence-electron chi connectivity index (χ0n) is 10.6. The van der Waals surface area contributed by atoms with E-state index in [1.54, 1.807) is 19.9 Å². The summed E-state index contributed by atoms with van der Waals surface area (Å²) < 4.78 is 14.0. The Morgan fingerprint density at radius 2 is 1.88 bits per heavy atom. The average molecular weight is 304 g/mol. The van der Waals surface area contributed by atoms with Crippen molar-refractivity contribution in [3.05, 3.63) is 34.1 Å². The second kappa shape index (κ2) is 5.04. The minimum absolute atomic E-state index is 0.258. The molecular weight excluding hydrogens is 285 g/mol. The van der Waals surface area contributed by atoms with Gasteiger partial charge in [0.1, 0.15) is 5.82 Å². The second-order valence-corrected chi connectivity index (χ2v) is 6.13. The fourth-order valence-electron chi connectivity index (χ4n) is 1.21. The Morgan fingerprint density at radius 3 is 2.41 bits per heavy atom. The van der Waals surface area contributed by atoms with E-state index in [1.165, 1.54) is 12.1 Å². The van der Waals surface area contributed by atoms with E-state index in [0.29, 0.717) is 6.54 Å². The molecule has 1 rings (SSSR count). The maximum absolute atomic E-state index is 13.1. The highest BCUT2D eigenvalue weighted by Gasteiger charge is 2.34. The normalized spacial score (nSPS) is 12.9. The molecule has 0 aromatic heterocycles. The lowest BCUT2D eigenvalue weighted by Gasteiger charge is -2.38. The van der Waals surface area contributed by atoms with E-state index in [0.717, 1.165) is 10.0 Å². The zero-order chi connectivity index (χ0) is 13.3. The van der Waals surface area contributed by atoms with Crippen LogP contribution in [-0.4, -0.2) is 16.2 Å². The van der Waals surface area contributed by atoms with E-state index >= 15 is 0 Å². The topological polar surface area (TPSA) is 32.3 Å². The molecule has 0 heterocycles. The molecule has 4 heteroatoms. The molecule has 17 heavy (non-hydrogen) atoms. The first-order chi connectivity index (χ1) is 7.63. The lowest BCUT2D eigenvalue weighted by molar-refractivity contribution is -0.00534. The van der Waals surface area contributed by atoms with Gasteiger partial charge in [-0.2, -0.15) is 0 Å². The van der Waals surface area contributed by atoms with Gasteiger partial charge in [-0.05, 0) is 51.5 Å². The number of hydrogen-bond acceptors (Lipinski definition) is 2. The summed E-state index contributed by atoms with van der Waals surface area (Å²) in [5, 5.41) is 13.2. The number of benzene rings is 1. The first-order valence-electron chi connectivity index (χ1n) is 5.55. The van der Waals surface area contributed by atoms with Crippen LogP contribution < -0.4 is 5.32 Å². The molecule has 0 unspecified atom stereocenters. The molecule has 0 amide bonds. The predicted octanol–water partition coefficient (Wildman–Crippen LogP) is 3.23. The lowest BCUT2D eigenvalue weighted by Crippen LogP contribution is -2.55. The van der Waals surface area contributed by atoms with Gasteiger partial charge in [0.15, 0.2) is 0 Å². The van der Waals surface area contributed by atoms with Crippen molar-refractivity contribution in [3.8, 4) is 0 Å². The van der Waals surface area contributed by atoms with Crippen molar-refractivity contribution in [2.45, 2.75) is 45.4 Å². The molecule has 0 saturated heterocycles. The van der Waals surface area contributed by atoms with Crippen molar-refractivity contribution in [3.63, 3.8) is 0 Å². The molecule has 1 aromatic rings. The van der Waals surface area contributed by atoms with Gasteiger partial charge in [0.25, 0.3) is 0 Å². The molecule has 0 aliphatic rings. The molecule has 0 bridgehead atoms. The Hall–Kier alpha value is -0.450. The van der Waals surface area contributed by atoms with Crippen LogP contribution in [0, 0.1) is 5.82 Å². The van der Waals surface area contributed by atoms with Crippen molar-refractivity contribution in [1.29, 1.82) is 0 Å². The number of rotatable bonds is 4. The minimum atomic E-state index is -0.854. The van der Waals surface area contributed by atoms with Crippen LogP contribution >= 0.6 is 15.9 Å².